The number of methoxy groups -OCH3 is 1. The molecule has 0 bridgehead atoms. The molecule has 2 aromatic heterocycles. The first kappa shape index (κ1) is 10.5. The minimum Gasteiger partial charge on any atom is -0.478 e. The Balaban J connectivity index is 2.36. The molecule has 2 rings (SSSR count). The molecule has 0 aromatic carbocycles. The van der Waals surface area contributed by atoms with Crippen LogP contribution in [0.1, 0.15) is 6.92 Å². The largest absolute Gasteiger partial charge is 0.478 e. The van der Waals surface area contributed by atoms with Gasteiger partial charge in [0.25, 0.3) is 5.88 Å². The summed E-state index contributed by atoms with van der Waals surface area (Å²) < 4.78 is 6.93. The van der Waals surface area contributed by atoms with E-state index in [0.717, 1.165) is 17.9 Å². The highest BCUT2D eigenvalue weighted by molar-refractivity contribution is 5.52. The number of rotatable bonds is 4. The predicted octanol–water partition coefficient (Wildman–Crippen LogP) is 1.71. The van der Waals surface area contributed by atoms with Crippen molar-refractivity contribution in [3.05, 3.63) is 30.7 Å². The summed E-state index contributed by atoms with van der Waals surface area (Å²) in [5, 5.41) is 7.50. The van der Waals surface area contributed by atoms with Crippen molar-refractivity contribution in [1.29, 1.82) is 0 Å². The van der Waals surface area contributed by atoms with Crippen molar-refractivity contribution < 1.29 is 4.74 Å². The van der Waals surface area contributed by atoms with Gasteiger partial charge in [0.2, 0.25) is 0 Å². The first-order valence-electron chi connectivity index (χ1n) is 5.13. The maximum Gasteiger partial charge on any atom is 0.256 e. The number of anilines is 1. The van der Waals surface area contributed by atoms with Gasteiger partial charge in [-0.2, -0.15) is 0 Å². The maximum atomic E-state index is 5.19. The second-order valence-corrected chi connectivity index (χ2v) is 3.24. The van der Waals surface area contributed by atoms with Crippen LogP contribution in [0.25, 0.3) is 5.69 Å². The van der Waals surface area contributed by atoms with Crippen LogP contribution in [0.3, 0.4) is 0 Å². The molecule has 0 spiro atoms. The molecule has 0 amide bonds. The quantitative estimate of drug-likeness (QED) is 0.848. The van der Waals surface area contributed by atoms with Gasteiger partial charge in [-0.15, -0.1) is 5.10 Å². The smallest absolute Gasteiger partial charge is 0.256 e. The van der Waals surface area contributed by atoms with Gasteiger partial charge >= 0.3 is 0 Å². The zero-order valence-corrected chi connectivity index (χ0v) is 9.34. The van der Waals surface area contributed by atoms with Crippen molar-refractivity contribution in [3.8, 4) is 11.6 Å². The van der Waals surface area contributed by atoms with Crippen molar-refractivity contribution in [3.63, 3.8) is 0 Å². The molecule has 1 N–H and O–H groups in total. The summed E-state index contributed by atoms with van der Waals surface area (Å²) in [5.41, 5.74) is 1.79. The number of hydrogen-bond donors (Lipinski definition) is 1. The minimum absolute atomic E-state index is 0.589. The minimum atomic E-state index is 0.589. The molecule has 0 fully saturated rings. The molecule has 2 heterocycles. The van der Waals surface area contributed by atoms with Crippen LogP contribution in [-0.4, -0.2) is 28.4 Å². The summed E-state index contributed by atoms with van der Waals surface area (Å²) in [7, 11) is 1.61. The normalized spacial score (nSPS) is 10.1. The zero-order valence-electron chi connectivity index (χ0n) is 9.34. The van der Waals surface area contributed by atoms with Gasteiger partial charge in [-0.1, -0.05) is 0 Å². The lowest BCUT2D eigenvalue weighted by molar-refractivity contribution is 0.395. The van der Waals surface area contributed by atoms with Crippen molar-refractivity contribution in [2.45, 2.75) is 6.92 Å². The van der Waals surface area contributed by atoms with Gasteiger partial charge in [0, 0.05) is 12.7 Å². The van der Waals surface area contributed by atoms with E-state index in [2.05, 4.69) is 15.4 Å². The molecule has 0 saturated carbocycles. The van der Waals surface area contributed by atoms with Crippen LogP contribution in [-0.2, 0) is 0 Å². The summed E-state index contributed by atoms with van der Waals surface area (Å²) >= 11 is 0. The van der Waals surface area contributed by atoms with Gasteiger partial charge < -0.3 is 10.1 Å². The summed E-state index contributed by atoms with van der Waals surface area (Å²) in [6.07, 6.45) is 5.37. The number of nitrogens with zero attached hydrogens (tertiary/aromatic N) is 3. The zero-order chi connectivity index (χ0) is 11.4. The highest BCUT2D eigenvalue weighted by Crippen LogP contribution is 2.23. The van der Waals surface area contributed by atoms with Gasteiger partial charge in [0.15, 0.2) is 0 Å². The average Bonchev–Trinajstić information content (AvgIpc) is 2.74. The van der Waals surface area contributed by atoms with Crippen LogP contribution in [0.15, 0.2) is 30.7 Å². The number of nitrogens with one attached hydrogen (secondary N) is 1. The van der Waals surface area contributed by atoms with Crippen molar-refractivity contribution >= 4 is 5.69 Å². The van der Waals surface area contributed by atoms with Gasteiger partial charge in [0.05, 0.1) is 25.2 Å². The number of hydrogen-bond acceptors (Lipinski definition) is 4. The van der Waals surface area contributed by atoms with Crippen molar-refractivity contribution in [2.75, 3.05) is 19.0 Å². The molecule has 84 valence electrons. The first-order valence-corrected chi connectivity index (χ1v) is 5.13. The monoisotopic (exact) mass is 218 g/mol. The molecule has 0 aliphatic rings. The number of aromatic nitrogens is 3. The standard InChI is InChI=1S/C11H14N4O/c1-3-13-10-8-15(14-11(10)16-2)9-5-4-6-12-7-9/h4-8,13H,3H2,1-2H3. The summed E-state index contributed by atoms with van der Waals surface area (Å²) in [4.78, 5) is 4.05. The van der Waals surface area contributed by atoms with E-state index in [4.69, 9.17) is 4.74 Å². The van der Waals surface area contributed by atoms with Gasteiger partial charge in [-0.3, -0.25) is 4.98 Å². The van der Waals surface area contributed by atoms with Crippen LogP contribution < -0.4 is 10.1 Å². The Morgan fingerprint density at radius 2 is 2.38 bits per heavy atom. The summed E-state index contributed by atoms with van der Waals surface area (Å²) in [5.74, 6) is 0.589. The van der Waals surface area contributed by atoms with Gasteiger partial charge in [0.1, 0.15) is 5.69 Å². The maximum absolute atomic E-state index is 5.19. The Labute approximate surface area is 94.1 Å². The topological polar surface area (TPSA) is 52.0 Å². The molecule has 5 nitrogen and oxygen atoms in total. The molecule has 0 atom stereocenters. The first-order chi connectivity index (χ1) is 7.85. The molecule has 0 saturated heterocycles. The Hall–Kier alpha value is -2.04. The highest BCUT2D eigenvalue weighted by atomic mass is 16.5. The SMILES string of the molecule is CCNc1cn(-c2cccnc2)nc1OC. The number of ether oxygens (including phenoxy) is 1. The molecule has 0 radical (unpaired) electrons. The fourth-order valence-corrected chi connectivity index (χ4v) is 1.44. The van der Waals surface area contributed by atoms with E-state index in [1.165, 1.54) is 0 Å². The van der Waals surface area contributed by atoms with Crippen molar-refractivity contribution in [2.24, 2.45) is 0 Å². The van der Waals surface area contributed by atoms with Crippen LogP contribution in [0.4, 0.5) is 5.69 Å². The third-order valence-corrected chi connectivity index (χ3v) is 2.15. The van der Waals surface area contributed by atoms with Crippen LogP contribution in [0.5, 0.6) is 5.88 Å². The lowest BCUT2D eigenvalue weighted by atomic mass is 10.4. The van der Waals surface area contributed by atoms with Gasteiger partial charge in [-0.05, 0) is 19.1 Å². The van der Waals surface area contributed by atoms with E-state index in [9.17, 15) is 0 Å². The molecule has 5 heteroatoms. The second kappa shape index (κ2) is 4.65. The fourth-order valence-electron chi connectivity index (χ4n) is 1.44. The number of pyridine rings is 1. The van der Waals surface area contributed by atoms with Crippen LogP contribution >= 0.6 is 0 Å². The van der Waals surface area contributed by atoms with E-state index >= 15 is 0 Å². The molecule has 2 aromatic rings. The summed E-state index contributed by atoms with van der Waals surface area (Å²) in [6, 6.07) is 3.81. The molecule has 0 unspecified atom stereocenters. The lowest BCUT2D eigenvalue weighted by Crippen LogP contribution is -1.96. The summed E-state index contributed by atoms with van der Waals surface area (Å²) in [6.45, 7) is 2.86. The lowest BCUT2D eigenvalue weighted by Gasteiger charge is -1.99. The molecule has 16 heavy (non-hydrogen) atoms. The van der Waals surface area contributed by atoms with Crippen molar-refractivity contribution in [1.82, 2.24) is 14.8 Å². The van der Waals surface area contributed by atoms with E-state index < -0.39 is 0 Å². The van der Waals surface area contributed by atoms with Crippen LogP contribution in [0, 0.1) is 0 Å². The van der Waals surface area contributed by atoms with E-state index in [1.807, 2.05) is 25.3 Å². The second-order valence-electron chi connectivity index (χ2n) is 3.24. The molecule has 0 aliphatic heterocycles. The Morgan fingerprint density at radius 1 is 1.50 bits per heavy atom. The predicted molar refractivity (Wildman–Crippen MR) is 62.1 cm³/mol. The average molecular weight is 218 g/mol. The van der Waals surface area contributed by atoms with Crippen LogP contribution in [0.2, 0.25) is 0 Å². The Morgan fingerprint density at radius 3 is 3.00 bits per heavy atom. The van der Waals surface area contributed by atoms with E-state index in [1.54, 1.807) is 24.2 Å². The third kappa shape index (κ3) is 1.98. The fraction of sp³-hybridized carbons (Fsp3) is 0.273. The third-order valence-electron chi connectivity index (χ3n) is 2.15. The van der Waals surface area contributed by atoms with E-state index in [-0.39, 0.29) is 0 Å². The van der Waals surface area contributed by atoms with E-state index in [0.29, 0.717) is 5.88 Å². The molecule has 0 aliphatic carbocycles. The highest BCUT2D eigenvalue weighted by Gasteiger charge is 2.09. The molecular weight excluding hydrogens is 204 g/mol. The Kier molecular flexibility index (Phi) is 3.05. The Bertz CT molecular complexity index is 452. The molecular formula is C11H14N4O. The van der Waals surface area contributed by atoms with Gasteiger partial charge in [-0.25, -0.2) is 4.68 Å².